The number of carbonyl (C=O) groups excluding carboxylic acids is 2. The van der Waals surface area contributed by atoms with Crippen LogP contribution < -0.4 is 9.62 Å². The van der Waals surface area contributed by atoms with Gasteiger partial charge in [0.2, 0.25) is 11.8 Å². The molecule has 0 heterocycles. The van der Waals surface area contributed by atoms with Crippen LogP contribution in [-0.4, -0.2) is 50.8 Å². The van der Waals surface area contributed by atoms with E-state index in [2.05, 4.69) is 5.32 Å². The Hall–Kier alpha value is -3.72. The largest absolute Gasteiger partial charge is 0.355 e. The Bertz CT molecular complexity index is 1250. The molecule has 0 saturated carbocycles. The van der Waals surface area contributed by atoms with E-state index in [1.807, 2.05) is 30.3 Å². The molecule has 3 aromatic rings. The van der Waals surface area contributed by atoms with Crippen molar-refractivity contribution in [3.05, 3.63) is 96.3 Å². The second-order valence-corrected chi connectivity index (χ2v) is 10.1. The highest BCUT2D eigenvalue weighted by Gasteiger charge is 2.32. The number of nitrogens with zero attached hydrogens (tertiary/aromatic N) is 2. The van der Waals surface area contributed by atoms with Gasteiger partial charge in [0.05, 0.1) is 10.6 Å². The fourth-order valence-electron chi connectivity index (χ4n) is 3.75. The third kappa shape index (κ3) is 6.69. The molecule has 2 amide bonds. The molecule has 0 unspecified atom stereocenters. The van der Waals surface area contributed by atoms with Crippen LogP contribution in [-0.2, 0) is 26.0 Å². The Balaban J connectivity index is 1.95. The summed E-state index contributed by atoms with van der Waals surface area (Å²) in [6, 6.07) is 21.3. The van der Waals surface area contributed by atoms with E-state index < -0.39 is 34.3 Å². The van der Waals surface area contributed by atoms with E-state index in [1.165, 1.54) is 29.2 Å². The van der Waals surface area contributed by atoms with Crippen LogP contribution >= 0.6 is 0 Å². The highest BCUT2D eigenvalue weighted by Crippen LogP contribution is 2.24. The molecule has 0 aliphatic carbocycles. The molecule has 9 heteroatoms. The fraction of sp³-hybridized carbons (Fsp3) is 0.259. The summed E-state index contributed by atoms with van der Waals surface area (Å²) in [5.74, 6) is -1.41. The molecular weight excluding hydrogens is 481 g/mol. The Morgan fingerprint density at radius 1 is 0.917 bits per heavy atom. The van der Waals surface area contributed by atoms with Gasteiger partial charge in [-0.05, 0) is 62.2 Å². The second kappa shape index (κ2) is 12.3. The Morgan fingerprint density at radius 2 is 1.50 bits per heavy atom. The molecule has 0 radical (unpaired) electrons. The number of halogens is 1. The topological polar surface area (TPSA) is 86.8 Å². The van der Waals surface area contributed by atoms with Crippen LogP contribution in [0.3, 0.4) is 0 Å². The van der Waals surface area contributed by atoms with Crippen molar-refractivity contribution in [1.29, 1.82) is 0 Å². The van der Waals surface area contributed by atoms with Crippen LogP contribution in [0.15, 0.2) is 89.8 Å². The number of carbonyl (C=O) groups is 2. The van der Waals surface area contributed by atoms with Crippen molar-refractivity contribution < 1.29 is 22.4 Å². The number of benzene rings is 3. The van der Waals surface area contributed by atoms with Gasteiger partial charge in [0.1, 0.15) is 18.4 Å². The molecule has 1 N–H and O–H groups in total. The van der Waals surface area contributed by atoms with Gasteiger partial charge >= 0.3 is 0 Å². The van der Waals surface area contributed by atoms with Gasteiger partial charge in [0, 0.05) is 13.1 Å². The first-order valence-corrected chi connectivity index (χ1v) is 13.1. The maximum Gasteiger partial charge on any atom is 0.264 e. The molecule has 1 atom stereocenters. The summed E-state index contributed by atoms with van der Waals surface area (Å²) in [7, 11) is -4.16. The molecule has 0 bridgehead atoms. The summed E-state index contributed by atoms with van der Waals surface area (Å²) in [6.07, 6.45) is 0.484. The predicted octanol–water partition coefficient (Wildman–Crippen LogP) is 3.62. The molecule has 0 saturated heterocycles. The normalized spacial score (nSPS) is 12.0. The van der Waals surface area contributed by atoms with Gasteiger partial charge in [0.25, 0.3) is 10.0 Å². The van der Waals surface area contributed by atoms with Crippen molar-refractivity contribution >= 4 is 27.5 Å². The zero-order valence-electron chi connectivity index (χ0n) is 20.3. The maximum absolute atomic E-state index is 13.6. The molecular formula is C27H30FN3O4S. The van der Waals surface area contributed by atoms with Crippen molar-refractivity contribution in [2.45, 2.75) is 31.2 Å². The van der Waals surface area contributed by atoms with E-state index in [0.717, 1.165) is 22.0 Å². The van der Waals surface area contributed by atoms with Gasteiger partial charge in [-0.15, -0.1) is 0 Å². The molecule has 7 nitrogen and oxygen atoms in total. The van der Waals surface area contributed by atoms with Crippen LogP contribution in [0.4, 0.5) is 10.1 Å². The minimum atomic E-state index is -4.16. The van der Waals surface area contributed by atoms with E-state index in [9.17, 15) is 22.4 Å². The van der Waals surface area contributed by atoms with E-state index in [-0.39, 0.29) is 23.0 Å². The predicted molar refractivity (Wildman–Crippen MR) is 137 cm³/mol. The zero-order chi connectivity index (χ0) is 26.1. The van der Waals surface area contributed by atoms with Gasteiger partial charge in [-0.2, -0.15) is 0 Å². The maximum atomic E-state index is 13.6. The number of rotatable bonds is 11. The smallest absolute Gasteiger partial charge is 0.264 e. The standard InChI is InChI=1S/C27H30FN3O4S/c1-3-29-27(33)21(2)30(19-18-22-10-6-4-7-11-22)26(32)20-31(24-16-14-23(28)15-17-24)36(34,35)25-12-8-5-9-13-25/h4-17,21H,3,18-20H2,1-2H3,(H,29,33)/t21-/m0/s1. The molecule has 0 aliphatic rings. The second-order valence-electron chi connectivity index (χ2n) is 8.19. The van der Waals surface area contributed by atoms with E-state index >= 15 is 0 Å². The lowest BCUT2D eigenvalue weighted by Gasteiger charge is -2.32. The lowest BCUT2D eigenvalue weighted by Crippen LogP contribution is -2.52. The average molecular weight is 512 g/mol. The van der Waals surface area contributed by atoms with Crippen LogP contribution in [0.5, 0.6) is 0 Å². The first-order chi connectivity index (χ1) is 17.2. The minimum absolute atomic E-state index is 0.00487. The fourth-order valence-corrected chi connectivity index (χ4v) is 5.18. The number of sulfonamides is 1. The monoisotopic (exact) mass is 511 g/mol. The van der Waals surface area contributed by atoms with Gasteiger partial charge in [-0.1, -0.05) is 48.5 Å². The first-order valence-electron chi connectivity index (χ1n) is 11.7. The number of hydrogen-bond donors (Lipinski definition) is 1. The summed E-state index contributed by atoms with van der Waals surface area (Å²) in [4.78, 5) is 27.6. The number of anilines is 1. The van der Waals surface area contributed by atoms with Gasteiger partial charge < -0.3 is 10.2 Å². The SMILES string of the molecule is CCNC(=O)[C@H](C)N(CCc1ccccc1)C(=O)CN(c1ccc(F)cc1)S(=O)(=O)c1ccccc1. The molecule has 0 aliphatic heterocycles. The third-order valence-corrected chi connectivity index (χ3v) is 7.52. The van der Waals surface area contributed by atoms with Crippen LogP contribution in [0.2, 0.25) is 0 Å². The van der Waals surface area contributed by atoms with Crippen LogP contribution in [0, 0.1) is 5.82 Å². The zero-order valence-corrected chi connectivity index (χ0v) is 21.1. The summed E-state index contributed by atoms with van der Waals surface area (Å²) < 4.78 is 41.6. The van der Waals surface area contributed by atoms with Crippen molar-refractivity contribution in [2.24, 2.45) is 0 Å². The molecule has 190 valence electrons. The number of amides is 2. The lowest BCUT2D eigenvalue weighted by molar-refractivity contribution is -0.138. The van der Waals surface area contributed by atoms with Crippen molar-refractivity contribution in [1.82, 2.24) is 10.2 Å². The van der Waals surface area contributed by atoms with Crippen molar-refractivity contribution in [3.63, 3.8) is 0 Å². The molecule has 3 aromatic carbocycles. The first kappa shape index (κ1) is 26.9. The number of nitrogens with one attached hydrogen (secondary N) is 1. The summed E-state index contributed by atoms with van der Waals surface area (Å²) in [5, 5.41) is 2.72. The van der Waals surface area contributed by atoms with Crippen molar-refractivity contribution in [2.75, 3.05) is 23.9 Å². The van der Waals surface area contributed by atoms with Gasteiger partial charge in [-0.3, -0.25) is 13.9 Å². The minimum Gasteiger partial charge on any atom is -0.355 e. The Kier molecular flexibility index (Phi) is 9.19. The molecule has 36 heavy (non-hydrogen) atoms. The summed E-state index contributed by atoms with van der Waals surface area (Å²) in [6.45, 7) is 3.45. The van der Waals surface area contributed by atoms with E-state index in [0.29, 0.717) is 13.0 Å². The van der Waals surface area contributed by atoms with E-state index in [4.69, 9.17) is 0 Å². The third-order valence-electron chi connectivity index (χ3n) is 5.73. The molecule has 0 spiro atoms. The quantitative estimate of drug-likeness (QED) is 0.426. The molecule has 3 rings (SSSR count). The summed E-state index contributed by atoms with van der Waals surface area (Å²) in [5.41, 5.74) is 1.12. The number of likely N-dealkylation sites (N-methyl/N-ethyl adjacent to an activating group) is 1. The van der Waals surface area contributed by atoms with Gasteiger partial charge in [0.15, 0.2) is 0 Å². The highest BCUT2D eigenvalue weighted by atomic mass is 32.2. The average Bonchev–Trinajstić information content (AvgIpc) is 2.89. The lowest BCUT2D eigenvalue weighted by atomic mass is 10.1. The Morgan fingerprint density at radius 3 is 2.08 bits per heavy atom. The van der Waals surface area contributed by atoms with E-state index in [1.54, 1.807) is 32.0 Å². The van der Waals surface area contributed by atoms with Crippen LogP contribution in [0.25, 0.3) is 0 Å². The Labute approximate surface area is 211 Å². The molecule has 0 aromatic heterocycles. The molecule has 0 fully saturated rings. The van der Waals surface area contributed by atoms with Gasteiger partial charge in [-0.25, -0.2) is 12.8 Å². The van der Waals surface area contributed by atoms with Crippen LogP contribution in [0.1, 0.15) is 19.4 Å². The summed E-state index contributed by atoms with van der Waals surface area (Å²) >= 11 is 0. The van der Waals surface area contributed by atoms with Crippen molar-refractivity contribution in [3.8, 4) is 0 Å². The number of hydrogen-bond acceptors (Lipinski definition) is 4. The highest BCUT2D eigenvalue weighted by molar-refractivity contribution is 7.92.